The molecule has 1 amide bonds. The van der Waals surface area contributed by atoms with E-state index in [0.717, 1.165) is 13.0 Å². The summed E-state index contributed by atoms with van der Waals surface area (Å²) >= 11 is 0. The van der Waals surface area contributed by atoms with Crippen LogP contribution in [0.5, 0.6) is 0 Å². The van der Waals surface area contributed by atoms with E-state index < -0.39 is 0 Å². The number of rotatable bonds is 2. The van der Waals surface area contributed by atoms with Crippen molar-refractivity contribution in [3.63, 3.8) is 0 Å². The third kappa shape index (κ3) is 2.69. The second-order valence-corrected chi connectivity index (χ2v) is 5.07. The number of amides is 1. The lowest BCUT2D eigenvalue weighted by Gasteiger charge is -2.27. The van der Waals surface area contributed by atoms with Gasteiger partial charge in [0.1, 0.15) is 6.10 Å². The Morgan fingerprint density at radius 2 is 1.81 bits per heavy atom. The van der Waals surface area contributed by atoms with Crippen LogP contribution in [0.3, 0.4) is 0 Å². The van der Waals surface area contributed by atoms with Gasteiger partial charge in [-0.1, -0.05) is 39.0 Å². The summed E-state index contributed by atoms with van der Waals surface area (Å²) in [5.74, 6) is 0. The van der Waals surface area contributed by atoms with Crippen molar-refractivity contribution in [3.8, 4) is 0 Å². The van der Waals surface area contributed by atoms with Gasteiger partial charge in [-0.3, -0.25) is 0 Å². The molecule has 0 N–H and O–H groups in total. The zero-order chi connectivity index (χ0) is 11.4. The predicted octanol–water partition coefficient (Wildman–Crippen LogP) is 3.33. The first-order valence-corrected chi connectivity index (χ1v) is 6.78. The lowest BCUT2D eigenvalue weighted by molar-refractivity contribution is 0.123. The fourth-order valence-corrected chi connectivity index (χ4v) is 2.80. The summed E-state index contributed by atoms with van der Waals surface area (Å²) in [7, 11) is 0. The van der Waals surface area contributed by atoms with E-state index in [4.69, 9.17) is 4.74 Å². The van der Waals surface area contributed by atoms with Crippen molar-refractivity contribution in [2.75, 3.05) is 6.54 Å². The Morgan fingerprint density at radius 3 is 2.38 bits per heavy atom. The van der Waals surface area contributed by atoms with Crippen molar-refractivity contribution in [1.29, 1.82) is 0 Å². The molecule has 0 bridgehead atoms. The molecule has 0 aromatic heterocycles. The second-order valence-electron chi connectivity index (χ2n) is 5.07. The van der Waals surface area contributed by atoms with Gasteiger partial charge in [0.05, 0.1) is 6.54 Å². The van der Waals surface area contributed by atoms with E-state index in [-0.39, 0.29) is 12.2 Å². The number of hydrogen-bond acceptors (Lipinski definition) is 2. The Labute approximate surface area is 98.1 Å². The lowest BCUT2D eigenvalue weighted by Crippen LogP contribution is -2.36. The highest BCUT2D eigenvalue weighted by Gasteiger charge is 2.34. The van der Waals surface area contributed by atoms with Crippen molar-refractivity contribution in [3.05, 3.63) is 0 Å². The molecule has 16 heavy (non-hydrogen) atoms. The summed E-state index contributed by atoms with van der Waals surface area (Å²) in [6.07, 6.45) is 9.92. The molecule has 0 aromatic carbocycles. The summed E-state index contributed by atoms with van der Waals surface area (Å²) in [5, 5.41) is 0. The smallest absolute Gasteiger partial charge is 0.410 e. The largest absolute Gasteiger partial charge is 0.444 e. The topological polar surface area (TPSA) is 29.5 Å². The second kappa shape index (κ2) is 5.55. The normalized spacial score (nSPS) is 28.7. The standard InChI is InChI=1S/C13H23NO2/c1-2-12-10-14(13(15)16-12)11-8-6-4-3-5-7-9-11/h11-12H,2-10H2,1H3. The van der Waals surface area contributed by atoms with Crippen molar-refractivity contribution < 1.29 is 9.53 Å². The molecule has 1 saturated carbocycles. The number of nitrogens with zero attached hydrogens (tertiary/aromatic N) is 1. The molecule has 1 aliphatic carbocycles. The number of carbonyl (C=O) groups excluding carboxylic acids is 1. The van der Waals surface area contributed by atoms with Gasteiger partial charge in [0.2, 0.25) is 0 Å². The maximum atomic E-state index is 11.7. The summed E-state index contributed by atoms with van der Waals surface area (Å²) in [6.45, 7) is 2.90. The molecule has 0 aromatic rings. The highest BCUT2D eigenvalue weighted by atomic mass is 16.6. The molecule has 1 saturated heterocycles. The maximum absolute atomic E-state index is 11.7. The number of hydrogen-bond donors (Lipinski definition) is 0. The fourth-order valence-electron chi connectivity index (χ4n) is 2.80. The van der Waals surface area contributed by atoms with Gasteiger partial charge in [0, 0.05) is 6.04 Å². The van der Waals surface area contributed by atoms with Gasteiger partial charge < -0.3 is 9.64 Å². The van der Waals surface area contributed by atoms with Gasteiger partial charge in [-0.25, -0.2) is 4.79 Å². The Morgan fingerprint density at radius 1 is 1.19 bits per heavy atom. The Kier molecular flexibility index (Phi) is 4.08. The zero-order valence-corrected chi connectivity index (χ0v) is 10.3. The van der Waals surface area contributed by atoms with E-state index in [2.05, 4.69) is 6.92 Å². The van der Waals surface area contributed by atoms with Crippen molar-refractivity contribution in [2.45, 2.75) is 70.4 Å². The van der Waals surface area contributed by atoms with Crippen molar-refractivity contribution in [1.82, 2.24) is 4.90 Å². The highest BCUT2D eigenvalue weighted by molar-refractivity contribution is 5.70. The minimum Gasteiger partial charge on any atom is -0.444 e. The molecule has 2 aliphatic rings. The van der Waals surface area contributed by atoms with Crippen LogP contribution in [-0.2, 0) is 4.74 Å². The van der Waals surface area contributed by atoms with Gasteiger partial charge in [-0.2, -0.15) is 0 Å². The van der Waals surface area contributed by atoms with Crippen LogP contribution in [0, 0.1) is 0 Å². The van der Waals surface area contributed by atoms with Crippen molar-refractivity contribution in [2.24, 2.45) is 0 Å². The molecule has 0 spiro atoms. The molecular formula is C13H23NO2. The third-order valence-electron chi connectivity index (χ3n) is 3.87. The average Bonchev–Trinajstić information content (AvgIpc) is 2.60. The molecule has 1 unspecified atom stereocenters. The predicted molar refractivity (Wildman–Crippen MR) is 63.4 cm³/mol. The van der Waals surface area contributed by atoms with E-state index in [0.29, 0.717) is 6.04 Å². The first-order chi connectivity index (χ1) is 7.81. The quantitative estimate of drug-likeness (QED) is 0.721. The van der Waals surface area contributed by atoms with Gasteiger partial charge in [-0.15, -0.1) is 0 Å². The van der Waals surface area contributed by atoms with E-state index in [1.165, 1.54) is 44.9 Å². The molecule has 1 aliphatic heterocycles. The van der Waals surface area contributed by atoms with Crippen LogP contribution < -0.4 is 0 Å². The molecule has 2 fully saturated rings. The summed E-state index contributed by atoms with van der Waals surface area (Å²) in [5.41, 5.74) is 0. The van der Waals surface area contributed by atoms with Gasteiger partial charge in [0.25, 0.3) is 0 Å². The maximum Gasteiger partial charge on any atom is 0.410 e. The lowest BCUT2D eigenvalue weighted by atomic mass is 9.96. The first kappa shape index (κ1) is 11.7. The molecule has 2 rings (SSSR count). The zero-order valence-electron chi connectivity index (χ0n) is 10.3. The number of ether oxygens (including phenoxy) is 1. The van der Waals surface area contributed by atoms with Gasteiger partial charge in [-0.05, 0) is 19.3 Å². The van der Waals surface area contributed by atoms with Crippen LogP contribution in [0.15, 0.2) is 0 Å². The van der Waals surface area contributed by atoms with Gasteiger partial charge in [0.15, 0.2) is 0 Å². The van der Waals surface area contributed by atoms with E-state index in [1.54, 1.807) is 0 Å². The fraction of sp³-hybridized carbons (Fsp3) is 0.923. The summed E-state index contributed by atoms with van der Waals surface area (Å²) in [6, 6.07) is 0.448. The molecule has 1 heterocycles. The minimum atomic E-state index is -0.0718. The highest BCUT2D eigenvalue weighted by Crippen LogP contribution is 2.25. The van der Waals surface area contributed by atoms with Crippen LogP contribution in [-0.4, -0.2) is 29.7 Å². The molecule has 3 heteroatoms. The monoisotopic (exact) mass is 225 g/mol. The van der Waals surface area contributed by atoms with Crippen LogP contribution in [0.1, 0.15) is 58.3 Å². The average molecular weight is 225 g/mol. The molecule has 0 radical (unpaired) electrons. The van der Waals surface area contributed by atoms with Crippen molar-refractivity contribution >= 4 is 6.09 Å². The molecule has 3 nitrogen and oxygen atoms in total. The minimum absolute atomic E-state index is 0.0718. The van der Waals surface area contributed by atoms with E-state index in [1.807, 2.05) is 4.90 Å². The van der Waals surface area contributed by atoms with Gasteiger partial charge >= 0.3 is 6.09 Å². The third-order valence-corrected chi connectivity index (χ3v) is 3.87. The first-order valence-electron chi connectivity index (χ1n) is 6.78. The molecular weight excluding hydrogens is 202 g/mol. The Hall–Kier alpha value is -0.730. The molecule has 1 atom stereocenters. The van der Waals surface area contributed by atoms with Crippen LogP contribution in [0.2, 0.25) is 0 Å². The Balaban J connectivity index is 1.91. The van der Waals surface area contributed by atoms with Crippen LogP contribution in [0.4, 0.5) is 4.79 Å². The van der Waals surface area contributed by atoms with E-state index in [9.17, 15) is 4.79 Å². The number of carbonyl (C=O) groups is 1. The SMILES string of the molecule is CCC1CN(C2CCCCCCC2)C(=O)O1. The summed E-state index contributed by atoms with van der Waals surface area (Å²) < 4.78 is 5.34. The number of cyclic esters (lactones) is 1. The van der Waals surface area contributed by atoms with E-state index >= 15 is 0 Å². The molecule has 92 valence electrons. The van der Waals surface area contributed by atoms with Crippen LogP contribution in [0.25, 0.3) is 0 Å². The van der Waals surface area contributed by atoms with Crippen LogP contribution >= 0.6 is 0 Å². The summed E-state index contributed by atoms with van der Waals surface area (Å²) in [4.78, 5) is 13.7. The Bertz CT molecular complexity index is 234.